The number of furan rings is 1. The number of aryl methyl sites for hydroxylation is 1. The van der Waals surface area contributed by atoms with E-state index in [2.05, 4.69) is 13.0 Å². The third kappa shape index (κ3) is 4.88. The van der Waals surface area contributed by atoms with Crippen molar-refractivity contribution in [3.63, 3.8) is 0 Å². The highest BCUT2D eigenvalue weighted by atomic mass is 16.5. The van der Waals surface area contributed by atoms with E-state index in [-0.39, 0.29) is 5.91 Å². The van der Waals surface area contributed by atoms with Gasteiger partial charge in [0.2, 0.25) is 5.91 Å². The van der Waals surface area contributed by atoms with Crippen LogP contribution in [-0.2, 0) is 4.79 Å². The van der Waals surface area contributed by atoms with Gasteiger partial charge in [-0.1, -0.05) is 13.0 Å². The van der Waals surface area contributed by atoms with Crippen LogP contribution in [0.1, 0.15) is 44.7 Å². The number of methoxy groups -OCH3 is 2. The van der Waals surface area contributed by atoms with Crippen LogP contribution in [0.15, 0.2) is 41.0 Å². The number of fused-ring (bicyclic) bond motifs is 1. The van der Waals surface area contributed by atoms with Gasteiger partial charge in [0.05, 0.1) is 27.1 Å². The molecule has 0 radical (unpaired) electrons. The van der Waals surface area contributed by atoms with Crippen LogP contribution in [0.4, 0.5) is 0 Å². The van der Waals surface area contributed by atoms with Gasteiger partial charge in [0, 0.05) is 41.2 Å². The van der Waals surface area contributed by atoms with Gasteiger partial charge in [-0.05, 0) is 68.9 Å². The zero-order valence-electron chi connectivity index (χ0n) is 21.6. The largest absolute Gasteiger partial charge is 0.493 e. The Labute approximate surface area is 207 Å². The number of carbonyl (C=O) groups is 1. The fourth-order valence-corrected chi connectivity index (χ4v) is 4.75. The van der Waals surface area contributed by atoms with E-state index in [1.807, 2.05) is 43.9 Å². The summed E-state index contributed by atoms with van der Waals surface area (Å²) in [7, 11) is 3.25. The van der Waals surface area contributed by atoms with Crippen molar-refractivity contribution in [1.29, 1.82) is 0 Å². The highest BCUT2D eigenvalue weighted by molar-refractivity contribution is 6.02. The van der Waals surface area contributed by atoms with E-state index in [4.69, 9.17) is 18.6 Å². The van der Waals surface area contributed by atoms with Crippen LogP contribution in [0.5, 0.6) is 17.2 Å². The Hall–Kier alpha value is -3.41. The number of allylic oxidation sites excluding steroid dienone is 1. The molecule has 3 aromatic rings. The predicted molar refractivity (Wildman–Crippen MR) is 139 cm³/mol. The van der Waals surface area contributed by atoms with Crippen molar-refractivity contribution >= 4 is 22.4 Å². The minimum absolute atomic E-state index is 0.0573. The van der Waals surface area contributed by atoms with Crippen LogP contribution in [0.2, 0.25) is 0 Å². The number of hydrogen-bond acceptors (Lipinski definition) is 5. The molecule has 2 aromatic carbocycles. The molecule has 0 bridgehead atoms. The van der Waals surface area contributed by atoms with Crippen molar-refractivity contribution in [3.8, 4) is 28.4 Å². The van der Waals surface area contributed by atoms with E-state index < -0.39 is 0 Å². The second-order valence-electron chi connectivity index (χ2n) is 9.24. The molecule has 6 nitrogen and oxygen atoms in total. The van der Waals surface area contributed by atoms with Crippen LogP contribution in [-0.4, -0.2) is 44.7 Å². The molecule has 0 unspecified atom stereocenters. The number of hydrogen-bond donors (Lipinski definition) is 0. The topological polar surface area (TPSA) is 61.1 Å². The van der Waals surface area contributed by atoms with E-state index >= 15 is 0 Å². The molecule has 0 saturated carbocycles. The fourth-order valence-electron chi connectivity index (χ4n) is 4.75. The lowest BCUT2D eigenvalue weighted by atomic mass is 9.95. The monoisotopic (exact) mass is 477 g/mol. The van der Waals surface area contributed by atoms with Crippen molar-refractivity contribution in [1.82, 2.24) is 4.90 Å². The van der Waals surface area contributed by atoms with Crippen LogP contribution >= 0.6 is 0 Å². The smallest absolute Gasteiger partial charge is 0.246 e. The number of rotatable bonds is 7. The maximum absolute atomic E-state index is 13.0. The highest BCUT2D eigenvalue weighted by Gasteiger charge is 2.22. The first-order valence-corrected chi connectivity index (χ1v) is 12.2. The molecule has 35 heavy (non-hydrogen) atoms. The molecule has 0 spiro atoms. The Balaban J connectivity index is 1.79. The molecular weight excluding hydrogens is 442 g/mol. The molecule has 6 heteroatoms. The zero-order valence-corrected chi connectivity index (χ0v) is 21.6. The van der Waals surface area contributed by atoms with Gasteiger partial charge in [-0.25, -0.2) is 0 Å². The SMILES string of the molecule is CCOc1c(/C(C)=C/C(=O)N2CCC(C)CC2)cc2c(-c3ccc(OC)c(OC)c3)coc2c1C. The molecule has 1 aliphatic rings. The predicted octanol–water partition coefficient (Wildman–Crippen LogP) is 6.49. The minimum atomic E-state index is 0.0573. The van der Waals surface area contributed by atoms with Gasteiger partial charge in [-0.15, -0.1) is 0 Å². The van der Waals surface area contributed by atoms with E-state index in [1.165, 1.54) is 0 Å². The van der Waals surface area contributed by atoms with Crippen molar-refractivity contribution in [3.05, 3.63) is 47.7 Å². The average molecular weight is 478 g/mol. The van der Waals surface area contributed by atoms with Crippen LogP contribution in [0.25, 0.3) is 27.7 Å². The quantitative estimate of drug-likeness (QED) is 0.364. The van der Waals surface area contributed by atoms with Gasteiger partial charge in [0.15, 0.2) is 11.5 Å². The minimum Gasteiger partial charge on any atom is -0.493 e. The van der Waals surface area contributed by atoms with E-state index in [0.29, 0.717) is 24.0 Å². The molecule has 0 N–H and O–H groups in total. The van der Waals surface area contributed by atoms with Crippen molar-refractivity contribution in [2.45, 2.75) is 40.5 Å². The molecule has 1 fully saturated rings. The summed E-state index contributed by atoms with van der Waals surface area (Å²) in [5.41, 5.74) is 5.36. The summed E-state index contributed by atoms with van der Waals surface area (Å²) >= 11 is 0. The summed E-state index contributed by atoms with van der Waals surface area (Å²) in [6.07, 6.45) is 5.61. The third-order valence-corrected chi connectivity index (χ3v) is 6.89. The Kier molecular flexibility index (Phi) is 7.39. The summed E-state index contributed by atoms with van der Waals surface area (Å²) in [4.78, 5) is 15.0. The summed E-state index contributed by atoms with van der Waals surface area (Å²) < 4.78 is 23.0. The average Bonchev–Trinajstić information content (AvgIpc) is 3.29. The number of benzene rings is 2. The molecule has 2 heterocycles. The standard InChI is InChI=1S/C29H35NO5/c1-7-34-28-20(4)29-23(24(17-35-29)21-8-9-25(32-5)26(15-21)33-6)16-22(28)19(3)14-27(31)30-12-10-18(2)11-13-30/h8-9,14-18H,7,10-13H2,1-6H3/b19-14+. The number of amides is 1. The Bertz CT molecular complexity index is 1250. The Morgan fingerprint density at radius 2 is 1.86 bits per heavy atom. The lowest BCUT2D eigenvalue weighted by Gasteiger charge is -2.29. The number of piperidine rings is 1. The normalized spacial score (nSPS) is 14.9. The van der Waals surface area contributed by atoms with Crippen molar-refractivity contribution < 1.29 is 23.4 Å². The Morgan fingerprint density at radius 1 is 1.14 bits per heavy atom. The third-order valence-electron chi connectivity index (χ3n) is 6.89. The first-order chi connectivity index (χ1) is 16.9. The lowest BCUT2D eigenvalue weighted by molar-refractivity contribution is -0.127. The second-order valence-corrected chi connectivity index (χ2v) is 9.24. The lowest BCUT2D eigenvalue weighted by Crippen LogP contribution is -2.36. The summed E-state index contributed by atoms with van der Waals surface area (Å²) in [6.45, 7) is 10.3. The van der Waals surface area contributed by atoms with Crippen LogP contribution < -0.4 is 14.2 Å². The number of carbonyl (C=O) groups excluding carboxylic acids is 1. The van der Waals surface area contributed by atoms with Gasteiger partial charge in [0.1, 0.15) is 11.3 Å². The number of ether oxygens (including phenoxy) is 3. The Morgan fingerprint density at radius 3 is 2.51 bits per heavy atom. The fraction of sp³-hybridized carbons (Fsp3) is 0.414. The second kappa shape index (κ2) is 10.5. The highest BCUT2D eigenvalue weighted by Crippen LogP contribution is 2.42. The van der Waals surface area contributed by atoms with Crippen molar-refractivity contribution in [2.75, 3.05) is 33.9 Å². The molecule has 1 aromatic heterocycles. The summed E-state index contributed by atoms with van der Waals surface area (Å²) in [5, 5.41) is 0.958. The first kappa shape index (κ1) is 24.7. The maximum Gasteiger partial charge on any atom is 0.246 e. The molecular formula is C29H35NO5. The summed E-state index contributed by atoms with van der Waals surface area (Å²) in [5.74, 6) is 2.81. The number of nitrogens with zero attached hydrogens (tertiary/aromatic N) is 1. The van der Waals surface area contributed by atoms with Gasteiger partial charge in [0.25, 0.3) is 0 Å². The van der Waals surface area contributed by atoms with Crippen molar-refractivity contribution in [2.24, 2.45) is 5.92 Å². The molecule has 4 rings (SSSR count). The van der Waals surface area contributed by atoms with Crippen LogP contribution in [0.3, 0.4) is 0 Å². The number of likely N-dealkylation sites (tertiary alicyclic amines) is 1. The van der Waals surface area contributed by atoms with E-state index in [1.54, 1.807) is 26.6 Å². The molecule has 0 atom stereocenters. The molecule has 186 valence electrons. The first-order valence-electron chi connectivity index (χ1n) is 12.2. The molecule has 1 aliphatic heterocycles. The summed E-state index contributed by atoms with van der Waals surface area (Å²) in [6, 6.07) is 7.89. The molecule has 0 aliphatic carbocycles. The maximum atomic E-state index is 13.0. The van der Waals surface area contributed by atoms with Gasteiger partial charge in [-0.3, -0.25) is 4.79 Å². The molecule has 1 saturated heterocycles. The van der Waals surface area contributed by atoms with Gasteiger partial charge in [-0.2, -0.15) is 0 Å². The van der Waals surface area contributed by atoms with E-state index in [0.717, 1.165) is 70.5 Å². The zero-order chi connectivity index (χ0) is 25.1. The van der Waals surface area contributed by atoms with E-state index in [9.17, 15) is 4.79 Å². The van der Waals surface area contributed by atoms with Gasteiger partial charge < -0.3 is 23.5 Å². The molecule has 1 amide bonds. The van der Waals surface area contributed by atoms with Crippen LogP contribution in [0, 0.1) is 12.8 Å². The van der Waals surface area contributed by atoms with Gasteiger partial charge >= 0.3 is 0 Å².